The highest BCUT2D eigenvalue weighted by atomic mass is 16.5. The zero-order chi connectivity index (χ0) is 15.2. The summed E-state index contributed by atoms with van der Waals surface area (Å²) in [5.41, 5.74) is 11.2. The zero-order valence-corrected chi connectivity index (χ0v) is 13.2. The summed E-state index contributed by atoms with van der Waals surface area (Å²) in [6, 6.07) is 15.0. The van der Waals surface area contributed by atoms with Crippen molar-refractivity contribution < 1.29 is 4.74 Å². The first-order valence-corrected chi connectivity index (χ1v) is 7.63. The first-order valence-electron chi connectivity index (χ1n) is 7.63. The van der Waals surface area contributed by atoms with E-state index in [1.54, 1.807) is 0 Å². The first-order chi connectivity index (χ1) is 10.2. The van der Waals surface area contributed by atoms with Gasteiger partial charge in [-0.1, -0.05) is 36.4 Å². The van der Waals surface area contributed by atoms with E-state index in [0.717, 1.165) is 12.2 Å². The molecule has 0 fully saturated rings. The van der Waals surface area contributed by atoms with E-state index < -0.39 is 0 Å². The van der Waals surface area contributed by atoms with E-state index in [-0.39, 0.29) is 0 Å². The summed E-state index contributed by atoms with van der Waals surface area (Å²) in [4.78, 5) is 0. The molecule has 0 heterocycles. The van der Waals surface area contributed by atoms with Gasteiger partial charge in [0.05, 0.1) is 6.61 Å². The Morgan fingerprint density at radius 2 is 1.81 bits per heavy atom. The molecule has 0 aromatic heterocycles. The van der Waals surface area contributed by atoms with E-state index >= 15 is 0 Å². The lowest BCUT2D eigenvalue weighted by Crippen LogP contribution is -2.15. The van der Waals surface area contributed by atoms with Crippen LogP contribution in [0.25, 0.3) is 0 Å². The van der Waals surface area contributed by atoms with Crippen molar-refractivity contribution >= 4 is 0 Å². The molecular weight excluding hydrogens is 258 g/mol. The van der Waals surface area contributed by atoms with Gasteiger partial charge in [-0.2, -0.15) is 0 Å². The Labute approximate surface area is 127 Å². The second-order valence-corrected chi connectivity index (χ2v) is 5.52. The van der Waals surface area contributed by atoms with E-state index in [1.165, 1.54) is 22.3 Å². The van der Waals surface area contributed by atoms with Crippen LogP contribution < -0.4 is 10.5 Å². The Balaban J connectivity index is 2.21. The Kier molecular flexibility index (Phi) is 5.40. The van der Waals surface area contributed by atoms with Crippen LogP contribution in [0.3, 0.4) is 0 Å². The van der Waals surface area contributed by atoms with Gasteiger partial charge in [-0.3, -0.25) is 0 Å². The third kappa shape index (κ3) is 3.85. The van der Waals surface area contributed by atoms with Gasteiger partial charge < -0.3 is 10.5 Å². The molecule has 0 aliphatic heterocycles. The molecule has 1 unspecified atom stereocenters. The van der Waals surface area contributed by atoms with Crippen LogP contribution in [0.5, 0.6) is 5.75 Å². The molecule has 2 aromatic carbocycles. The van der Waals surface area contributed by atoms with Crippen LogP contribution >= 0.6 is 0 Å². The minimum absolute atomic E-state index is 0.348. The van der Waals surface area contributed by atoms with Gasteiger partial charge in [0.15, 0.2) is 0 Å². The maximum atomic E-state index is 6.02. The molecule has 0 aliphatic carbocycles. The summed E-state index contributed by atoms with van der Waals surface area (Å²) < 4.78 is 5.61. The molecule has 1 atom stereocenters. The van der Waals surface area contributed by atoms with Crippen molar-refractivity contribution in [3.05, 3.63) is 64.7 Å². The molecule has 2 aromatic rings. The van der Waals surface area contributed by atoms with Crippen molar-refractivity contribution in [1.29, 1.82) is 0 Å². The highest BCUT2D eigenvalue weighted by molar-refractivity contribution is 5.39. The molecule has 0 saturated carbocycles. The molecule has 0 radical (unpaired) electrons. The summed E-state index contributed by atoms with van der Waals surface area (Å²) in [7, 11) is 0. The van der Waals surface area contributed by atoms with Gasteiger partial charge in [0.25, 0.3) is 0 Å². The van der Waals surface area contributed by atoms with Gasteiger partial charge >= 0.3 is 0 Å². The van der Waals surface area contributed by atoms with E-state index in [0.29, 0.717) is 19.1 Å². The summed E-state index contributed by atoms with van der Waals surface area (Å²) in [5, 5.41) is 0. The van der Waals surface area contributed by atoms with Gasteiger partial charge in [-0.25, -0.2) is 0 Å². The lowest BCUT2D eigenvalue weighted by Gasteiger charge is -2.18. The molecule has 2 nitrogen and oxygen atoms in total. The van der Waals surface area contributed by atoms with Crippen LogP contribution in [-0.4, -0.2) is 13.2 Å². The van der Waals surface area contributed by atoms with Crippen LogP contribution in [0.1, 0.15) is 35.1 Å². The fourth-order valence-electron chi connectivity index (χ4n) is 2.69. The largest absolute Gasteiger partial charge is 0.494 e. The smallest absolute Gasteiger partial charge is 0.122 e. The SMILES string of the molecule is CCOc1ccc(C(CN)Cc2ccccc2C)cc1C. The van der Waals surface area contributed by atoms with Crippen molar-refractivity contribution in [1.82, 2.24) is 0 Å². The van der Waals surface area contributed by atoms with E-state index in [1.807, 2.05) is 6.92 Å². The normalized spacial score (nSPS) is 12.2. The Hall–Kier alpha value is -1.80. The topological polar surface area (TPSA) is 35.2 Å². The van der Waals surface area contributed by atoms with E-state index in [4.69, 9.17) is 10.5 Å². The molecule has 2 rings (SSSR count). The second-order valence-electron chi connectivity index (χ2n) is 5.52. The molecule has 0 amide bonds. The van der Waals surface area contributed by atoms with E-state index in [2.05, 4.69) is 56.3 Å². The third-order valence-corrected chi connectivity index (χ3v) is 3.98. The first kappa shape index (κ1) is 15.6. The second kappa shape index (κ2) is 7.28. The third-order valence-electron chi connectivity index (χ3n) is 3.98. The fraction of sp³-hybridized carbons (Fsp3) is 0.368. The molecule has 0 bridgehead atoms. The number of nitrogens with two attached hydrogens (primary N) is 1. The highest BCUT2D eigenvalue weighted by Gasteiger charge is 2.13. The molecule has 2 N–H and O–H groups in total. The number of hydrogen-bond acceptors (Lipinski definition) is 2. The molecule has 0 spiro atoms. The molecular formula is C19H25NO. The molecule has 2 heteroatoms. The number of ether oxygens (including phenoxy) is 1. The minimum atomic E-state index is 0.348. The summed E-state index contributed by atoms with van der Waals surface area (Å²) in [6.45, 7) is 7.61. The van der Waals surface area contributed by atoms with Gasteiger partial charge in [0.1, 0.15) is 5.75 Å². The van der Waals surface area contributed by atoms with Crippen LogP contribution in [0, 0.1) is 13.8 Å². The summed E-state index contributed by atoms with van der Waals surface area (Å²) >= 11 is 0. The number of hydrogen-bond donors (Lipinski definition) is 1. The Bertz CT molecular complexity index is 592. The van der Waals surface area contributed by atoms with Crippen molar-refractivity contribution in [3.8, 4) is 5.75 Å². The van der Waals surface area contributed by atoms with Gasteiger partial charge in [0, 0.05) is 5.92 Å². The predicted octanol–water partition coefficient (Wildman–Crippen LogP) is 3.99. The van der Waals surface area contributed by atoms with Crippen molar-refractivity contribution in [3.63, 3.8) is 0 Å². The van der Waals surface area contributed by atoms with E-state index in [9.17, 15) is 0 Å². The average molecular weight is 283 g/mol. The molecule has 112 valence electrons. The Morgan fingerprint density at radius 3 is 2.43 bits per heavy atom. The van der Waals surface area contributed by atoms with Crippen molar-refractivity contribution in [2.75, 3.05) is 13.2 Å². The number of rotatable bonds is 6. The number of aryl methyl sites for hydroxylation is 2. The monoisotopic (exact) mass is 283 g/mol. The minimum Gasteiger partial charge on any atom is -0.494 e. The molecule has 0 aliphatic rings. The average Bonchev–Trinajstić information content (AvgIpc) is 2.49. The van der Waals surface area contributed by atoms with Crippen LogP contribution in [0.15, 0.2) is 42.5 Å². The lowest BCUT2D eigenvalue weighted by molar-refractivity contribution is 0.337. The van der Waals surface area contributed by atoms with Gasteiger partial charge in [-0.15, -0.1) is 0 Å². The molecule has 0 saturated heterocycles. The lowest BCUT2D eigenvalue weighted by atomic mass is 9.89. The predicted molar refractivity (Wildman–Crippen MR) is 89.0 cm³/mol. The van der Waals surface area contributed by atoms with Gasteiger partial charge in [-0.05, 0) is 62.1 Å². The maximum absolute atomic E-state index is 6.02. The maximum Gasteiger partial charge on any atom is 0.122 e. The summed E-state index contributed by atoms with van der Waals surface area (Å²) in [5.74, 6) is 1.31. The van der Waals surface area contributed by atoms with Crippen LogP contribution in [0.4, 0.5) is 0 Å². The van der Waals surface area contributed by atoms with Crippen molar-refractivity contribution in [2.45, 2.75) is 33.1 Å². The molecule has 21 heavy (non-hydrogen) atoms. The fourth-order valence-corrected chi connectivity index (χ4v) is 2.69. The zero-order valence-electron chi connectivity index (χ0n) is 13.2. The van der Waals surface area contributed by atoms with Gasteiger partial charge in [0.2, 0.25) is 0 Å². The van der Waals surface area contributed by atoms with Crippen LogP contribution in [0.2, 0.25) is 0 Å². The highest BCUT2D eigenvalue weighted by Crippen LogP contribution is 2.26. The van der Waals surface area contributed by atoms with Crippen LogP contribution in [-0.2, 0) is 6.42 Å². The number of benzene rings is 2. The van der Waals surface area contributed by atoms with Crippen molar-refractivity contribution in [2.24, 2.45) is 5.73 Å². The summed E-state index contributed by atoms with van der Waals surface area (Å²) in [6.07, 6.45) is 0.983. The standard InChI is InChI=1S/C19H25NO/c1-4-21-19-10-9-17(11-15(19)3)18(13-20)12-16-8-6-5-7-14(16)2/h5-11,18H,4,12-13,20H2,1-3H3. The Morgan fingerprint density at radius 1 is 1.05 bits per heavy atom. The quantitative estimate of drug-likeness (QED) is 0.870.